The Bertz CT molecular complexity index is 5120. The van der Waals surface area contributed by atoms with Crippen LogP contribution in [0.15, 0.2) is 260 Å². The molecule has 578 valence electrons. The summed E-state index contributed by atoms with van der Waals surface area (Å²) in [7, 11) is 1.94. The van der Waals surface area contributed by atoms with Gasteiger partial charge in [-0.2, -0.15) is 36.0 Å². The molecule has 0 aliphatic heterocycles. The lowest BCUT2D eigenvalue weighted by Crippen LogP contribution is -1.93. The summed E-state index contributed by atoms with van der Waals surface area (Å²) < 4.78 is 27.6. The Hall–Kier alpha value is -11.2. The number of para-hydroxylation sites is 1. The third-order valence-corrected chi connectivity index (χ3v) is 16.3. The van der Waals surface area contributed by atoms with Crippen LogP contribution >= 0.6 is 85.3 Å². The Kier molecular flexibility index (Phi) is 39.6. The van der Waals surface area contributed by atoms with E-state index in [-0.39, 0.29) is 21.7 Å². The first-order valence-electron chi connectivity index (χ1n) is 34.4. The van der Waals surface area contributed by atoms with Crippen LogP contribution in [0.2, 0.25) is 26.0 Å². The number of benzene rings is 1. The van der Waals surface area contributed by atoms with Crippen LogP contribution in [0.1, 0.15) is 67.9 Å². The standard InChI is InChI=1S/C11H9FN2.C11H10N2.C10H11N3.C10H9NS.C10H9N.C6H6BrN.C6H6ClN.C6H6FN.C6H8N2.C5H4Cl2N2.C4H3Cl2N3/c1-8-6-9(4-5-13-8)10-2-3-11(12)14-7-10;1-9-7-10(4-6-13-9)11-3-2-5-12-8-11;1-8-7-9(3-5-11-8)10-4-6-12-13(10)2;1-8-6-9(2-4-11-8)10-3-5-12-7-10;1-8-6-7-9-4-2-3-5-10(9)11-8;3*1-5-2-6(7)4-8-3-5;1-5-3-6(2)8-7-4-5;1-3-2-4(6)9-5(7)8-3;1-2-7-3(5)9-4(6)8-2/h2-7H,1H3;2-8H,1H3;3-7H,1-2H3;2-7H,1H3;2-7H,1H3;3*2-4H,1H3;3-4H,1-2H3;2H,1H3;1H3. The molecule has 0 bridgehead atoms. The lowest BCUT2D eigenvalue weighted by molar-refractivity contribution is 0.584. The van der Waals surface area contributed by atoms with Crippen LogP contribution in [0.4, 0.5) is 8.78 Å². The van der Waals surface area contributed by atoms with Crippen molar-refractivity contribution in [2.24, 2.45) is 7.05 Å². The minimum absolute atomic E-state index is 0.132. The number of nitrogens with zero attached hydrogens (tertiary/aromatic N) is 19. The first-order chi connectivity index (χ1) is 54.1. The van der Waals surface area contributed by atoms with Crippen molar-refractivity contribution >= 4 is 96.2 Å². The van der Waals surface area contributed by atoms with E-state index in [0.717, 1.165) is 94.5 Å². The van der Waals surface area contributed by atoms with Gasteiger partial charge in [0, 0.05) is 148 Å². The van der Waals surface area contributed by atoms with E-state index in [1.54, 1.807) is 93.8 Å². The van der Waals surface area contributed by atoms with Crippen LogP contribution in [-0.4, -0.2) is 94.7 Å². The Morgan fingerprint density at radius 3 is 1.37 bits per heavy atom. The summed E-state index contributed by atoms with van der Waals surface area (Å²) in [5.41, 5.74) is 21.3. The minimum atomic E-state index is -0.459. The van der Waals surface area contributed by atoms with Crippen LogP contribution < -0.4 is 0 Å². The number of rotatable bonds is 4. The highest BCUT2D eigenvalue weighted by Crippen LogP contribution is 2.23. The largest absolute Gasteiger partial charge is 0.268 e. The number of thiophene rings is 1. The highest BCUT2D eigenvalue weighted by molar-refractivity contribution is 9.10. The van der Waals surface area contributed by atoms with Gasteiger partial charge in [0.1, 0.15) is 16.8 Å². The van der Waals surface area contributed by atoms with Crippen molar-refractivity contribution in [3.63, 3.8) is 0 Å². The summed E-state index contributed by atoms with van der Waals surface area (Å²) in [5.74, 6) is -0.204. The molecule has 0 radical (unpaired) electrons. The van der Waals surface area contributed by atoms with E-state index < -0.39 is 5.95 Å². The van der Waals surface area contributed by atoms with Gasteiger partial charge >= 0.3 is 0 Å². The average Bonchev–Trinajstić information content (AvgIpc) is 1.82. The molecule has 15 aromatic heterocycles. The molecule has 0 unspecified atom stereocenters. The molecular formula is C85H81BrCl5F2N19S. The van der Waals surface area contributed by atoms with Crippen molar-refractivity contribution in [3.8, 4) is 44.6 Å². The third-order valence-electron chi connectivity index (χ3n) is 14.3. The molecule has 0 spiro atoms. The fourth-order valence-electron chi connectivity index (χ4n) is 9.29. The van der Waals surface area contributed by atoms with E-state index in [1.165, 1.54) is 52.2 Å². The van der Waals surface area contributed by atoms with Crippen molar-refractivity contribution in [2.75, 3.05) is 0 Å². The molecule has 0 saturated heterocycles. The zero-order valence-electron chi connectivity index (χ0n) is 64.2. The van der Waals surface area contributed by atoms with Crippen LogP contribution in [0.5, 0.6) is 0 Å². The minimum Gasteiger partial charge on any atom is -0.268 e. The quantitative estimate of drug-likeness (QED) is 0.0904. The highest BCUT2D eigenvalue weighted by Gasteiger charge is 2.04. The second kappa shape index (κ2) is 49.3. The van der Waals surface area contributed by atoms with E-state index in [0.29, 0.717) is 16.0 Å². The molecule has 15 heterocycles. The lowest BCUT2D eigenvalue weighted by atomic mass is 10.1. The second-order valence-electron chi connectivity index (χ2n) is 24.3. The van der Waals surface area contributed by atoms with Gasteiger partial charge in [-0.1, -0.05) is 53.5 Å². The Morgan fingerprint density at radius 2 is 0.929 bits per heavy atom. The van der Waals surface area contributed by atoms with Gasteiger partial charge in [-0.05, 0) is 310 Å². The highest BCUT2D eigenvalue weighted by atomic mass is 79.9. The normalized spacial score (nSPS) is 9.81. The SMILES string of the molecule is Cc1cc(-c2ccc(F)nc2)ccn1.Cc1cc(-c2cccnc2)ccn1.Cc1cc(-c2ccnn2C)ccn1.Cc1cc(-c2ccsc2)ccn1.Cc1cc(Cl)nc(Cl)n1.Cc1ccc2ccccc2n1.Cc1cncc(Br)c1.Cc1cncc(Cl)c1.Cc1cncc(F)c1.Cc1cnnc(C)c1.Cc1nc(Cl)nc(Cl)n1. The number of fused-ring (bicyclic) bond motifs is 1. The molecule has 0 amide bonds. The molecule has 0 aliphatic rings. The second-order valence-corrected chi connectivity index (χ2v) is 27.8. The van der Waals surface area contributed by atoms with Gasteiger partial charge < -0.3 is 0 Å². The molecule has 1 aromatic carbocycles. The van der Waals surface area contributed by atoms with Gasteiger partial charge in [0.15, 0.2) is 0 Å². The molecule has 0 N–H and O–H groups in total. The number of pyridine rings is 10. The first kappa shape index (κ1) is 90.7. The summed E-state index contributed by atoms with van der Waals surface area (Å²) in [6.45, 7) is 23.1. The van der Waals surface area contributed by atoms with Crippen LogP contribution in [0, 0.1) is 94.8 Å². The maximum atomic E-state index is 12.6. The summed E-state index contributed by atoms with van der Waals surface area (Å²) in [6, 6.07) is 48.4. The Labute approximate surface area is 694 Å². The number of hydrogen-bond donors (Lipinski definition) is 0. The zero-order chi connectivity index (χ0) is 82.0. The molecular weight excluding hydrogens is 1610 g/mol. The number of aromatic nitrogens is 19. The van der Waals surface area contributed by atoms with Gasteiger partial charge in [-0.25, -0.2) is 29.3 Å². The smallest absolute Gasteiger partial charge is 0.226 e. The topological polar surface area (TPSA) is 237 Å². The summed E-state index contributed by atoms with van der Waals surface area (Å²) in [4.78, 5) is 58.4. The molecule has 19 nitrogen and oxygen atoms in total. The molecule has 0 saturated carbocycles. The number of halogens is 8. The van der Waals surface area contributed by atoms with Crippen molar-refractivity contribution in [2.45, 2.75) is 83.1 Å². The molecule has 0 atom stereocenters. The van der Waals surface area contributed by atoms with Crippen LogP contribution in [-0.2, 0) is 7.05 Å². The van der Waals surface area contributed by atoms with Crippen LogP contribution in [0.3, 0.4) is 0 Å². The first-order valence-corrected chi connectivity index (χ1v) is 38.0. The van der Waals surface area contributed by atoms with Gasteiger partial charge in [-0.3, -0.25) is 49.5 Å². The predicted molar refractivity (Wildman–Crippen MR) is 457 cm³/mol. The van der Waals surface area contributed by atoms with Crippen molar-refractivity contribution in [3.05, 3.63) is 366 Å². The lowest BCUT2D eigenvalue weighted by Gasteiger charge is -2.01. The third kappa shape index (κ3) is 36.7. The van der Waals surface area contributed by atoms with Crippen molar-refractivity contribution < 1.29 is 8.78 Å². The zero-order valence-corrected chi connectivity index (χ0v) is 70.4. The summed E-state index contributed by atoms with van der Waals surface area (Å²) >= 11 is 32.4. The van der Waals surface area contributed by atoms with Crippen molar-refractivity contribution in [1.82, 2.24) is 94.7 Å². The van der Waals surface area contributed by atoms with Gasteiger partial charge in [0.25, 0.3) is 0 Å². The van der Waals surface area contributed by atoms with E-state index >= 15 is 0 Å². The Morgan fingerprint density at radius 1 is 0.372 bits per heavy atom. The van der Waals surface area contributed by atoms with Crippen molar-refractivity contribution in [1.29, 1.82) is 0 Å². The van der Waals surface area contributed by atoms with Gasteiger partial charge in [0.2, 0.25) is 21.8 Å². The molecule has 113 heavy (non-hydrogen) atoms. The van der Waals surface area contributed by atoms with E-state index in [1.807, 2.05) is 196 Å². The summed E-state index contributed by atoms with van der Waals surface area (Å²) in [6.07, 6.45) is 25.7. The maximum absolute atomic E-state index is 12.6. The van der Waals surface area contributed by atoms with E-state index in [2.05, 4.69) is 153 Å². The fraction of sp³-hybridized carbons (Fsp3) is 0.153. The van der Waals surface area contributed by atoms with Gasteiger partial charge in [-0.15, -0.1) is 0 Å². The monoisotopic (exact) mass is 1690 g/mol. The predicted octanol–water partition coefficient (Wildman–Crippen LogP) is 22.9. The molecule has 0 aliphatic carbocycles. The van der Waals surface area contributed by atoms with Gasteiger partial charge in [0.05, 0.1) is 34.3 Å². The number of hydrogen-bond acceptors (Lipinski definition) is 19. The maximum Gasteiger partial charge on any atom is 0.226 e. The average molecular weight is 1700 g/mol. The molecule has 28 heteroatoms. The molecule has 16 aromatic rings. The fourth-order valence-corrected chi connectivity index (χ4v) is 11.6. The number of aryl methyl sites for hydroxylation is 13. The van der Waals surface area contributed by atoms with E-state index in [4.69, 9.17) is 58.0 Å². The Balaban J connectivity index is 0.000000195. The molecule has 16 rings (SSSR count). The summed E-state index contributed by atoms with van der Waals surface area (Å²) in [5, 5.41) is 18.6. The van der Waals surface area contributed by atoms with Crippen LogP contribution in [0.25, 0.3) is 55.5 Å². The molecule has 0 fully saturated rings. The van der Waals surface area contributed by atoms with E-state index in [9.17, 15) is 8.78 Å².